The lowest BCUT2D eigenvalue weighted by Gasteiger charge is -2.15. The number of fused-ring (bicyclic) bond motifs is 2. The third-order valence-corrected chi connectivity index (χ3v) is 5.65. The van der Waals surface area contributed by atoms with Crippen molar-refractivity contribution in [3.8, 4) is 11.1 Å². The maximum absolute atomic E-state index is 2.48. The predicted molar refractivity (Wildman–Crippen MR) is 115 cm³/mol. The van der Waals surface area contributed by atoms with Crippen LogP contribution in [0.4, 0.5) is 0 Å². The Kier molecular flexibility index (Phi) is 4.68. The van der Waals surface area contributed by atoms with E-state index >= 15 is 0 Å². The Balaban J connectivity index is 1.91. The number of rotatable bonds is 5. The molecule has 0 bridgehead atoms. The molecular formula is C26H28. The van der Waals surface area contributed by atoms with E-state index in [0.717, 1.165) is 6.42 Å². The van der Waals surface area contributed by atoms with Gasteiger partial charge in [-0.1, -0.05) is 93.4 Å². The molecule has 1 aliphatic rings. The van der Waals surface area contributed by atoms with E-state index < -0.39 is 0 Å². The van der Waals surface area contributed by atoms with E-state index in [9.17, 15) is 0 Å². The summed E-state index contributed by atoms with van der Waals surface area (Å²) < 4.78 is 0. The van der Waals surface area contributed by atoms with Crippen molar-refractivity contribution in [2.75, 3.05) is 0 Å². The van der Waals surface area contributed by atoms with Crippen LogP contribution in [0, 0.1) is 0 Å². The number of hydrogen-bond donors (Lipinski definition) is 0. The maximum atomic E-state index is 2.48. The number of allylic oxidation sites excluding steroid dienone is 1. The summed E-state index contributed by atoms with van der Waals surface area (Å²) in [6.07, 6.45) is 7.40. The Morgan fingerprint density at radius 1 is 0.923 bits per heavy atom. The summed E-state index contributed by atoms with van der Waals surface area (Å²) in [6.45, 7) is 6.88. The first kappa shape index (κ1) is 17.1. The molecule has 3 aromatic rings. The first-order chi connectivity index (χ1) is 12.7. The molecule has 0 aromatic heterocycles. The fraction of sp³-hybridized carbons (Fsp3) is 0.308. The molecule has 0 amide bonds. The van der Waals surface area contributed by atoms with Gasteiger partial charge in [-0.3, -0.25) is 0 Å². The SMILES string of the molecule is CCCCC1=Cc2c(cc(C(C)C)cc2-c2cccc3ccccc23)C1. The highest BCUT2D eigenvalue weighted by Gasteiger charge is 2.19. The van der Waals surface area contributed by atoms with Crippen LogP contribution in [-0.2, 0) is 6.42 Å². The summed E-state index contributed by atoms with van der Waals surface area (Å²) in [4.78, 5) is 0. The average Bonchev–Trinajstić information content (AvgIpc) is 3.08. The van der Waals surface area contributed by atoms with Crippen LogP contribution in [0.2, 0.25) is 0 Å². The van der Waals surface area contributed by atoms with Gasteiger partial charge >= 0.3 is 0 Å². The Hall–Kier alpha value is -2.34. The molecule has 0 saturated carbocycles. The molecule has 0 radical (unpaired) electrons. The molecule has 3 aromatic carbocycles. The van der Waals surface area contributed by atoms with Crippen LogP contribution in [0.5, 0.6) is 0 Å². The highest BCUT2D eigenvalue weighted by molar-refractivity contribution is 5.99. The Morgan fingerprint density at radius 3 is 2.54 bits per heavy atom. The zero-order chi connectivity index (χ0) is 18.1. The molecule has 0 unspecified atom stereocenters. The molecule has 26 heavy (non-hydrogen) atoms. The molecule has 0 spiro atoms. The summed E-state index contributed by atoms with van der Waals surface area (Å²) >= 11 is 0. The van der Waals surface area contributed by atoms with E-state index in [1.54, 1.807) is 5.57 Å². The summed E-state index contributed by atoms with van der Waals surface area (Å²) in [6, 6.07) is 20.3. The largest absolute Gasteiger partial charge is 0.0654 e. The highest BCUT2D eigenvalue weighted by Crippen LogP contribution is 2.40. The van der Waals surface area contributed by atoms with Gasteiger partial charge in [-0.25, -0.2) is 0 Å². The smallest absolute Gasteiger partial charge is 0.00575 e. The minimum absolute atomic E-state index is 0.550. The van der Waals surface area contributed by atoms with E-state index in [1.165, 1.54) is 57.9 Å². The van der Waals surface area contributed by atoms with Gasteiger partial charge in [-0.05, 0) is 63.8 Å². The normalized spacial score (nSPS) is 13.3. The summed E-state index contributed by atoms with van der Waals surface area (Å²) in [7, 11) is 0. The van der Waals surface area contributed by atoms with Crippen molar-refractivity contribution in [3.63, 3.8) is 0 Å². The lowest BCUT2D eigenvalue weighted by Crippen LogP contribution is -1.95. The lowest BCUT2D eigenvalue weighted by molar-refractivity contribution is 0.779. The molecule has 0 atom stereocenters. The minimum Gasteiger partial charge on any atom is -0.0654 e. The third-order valence-electron chi connectivity index (χ3n) is 5.65. The molecule has 0 nitrogen and oxygen atoms in total. The average molecular weight is 341 g/mol. The molecule has 0 heterocycles. The van der Waals surface area contributed by atoms with Crippen LogP contribution in [-0.4, -0.2) is 0 Å². The second-order valence-electron chi connectivity index (χ2n) is 7.91. The molecule has 0 N–H and O–H groups in total. The fourth-order valence-electron chi connectivity index (χ4n) is 4.14. The monoisotopic (exact) mass is 340 g/mol. The first-order valence-corrected chi connectivity index (χ1v) is 10.0. The number of unbranched alkanes of at least 4 members (excludes halogenated alkanes) is 1. The summed E-state index contributed by atoms with van der Waals surface area (Å²) in [5.41, 5.74) is 8.81. The third kappa shape index (κ3) is 3.09. The van der Waals surface area contributed by atoms with Crippen LogP contribution in [0.1, 0.15) is 62.6 Å². The Labute approximate surface area is 157 Å². The van der Waals surface area contributed by atoms with Gasteiger partial charge in [0.2, 0.25) is 0 Å². The van der Waals surface area contributed by atoms with Crippen LogP contribution in [0.3, 0.4) is 0 Å². The van der Waals surface area contributed by atoms with Crippen LogP contribution < -0.4 is 0 Å². The minimum atomic E-state index is 0.550. The van der Waals surface area contributed by atoms with Crippen LogP contribution in [0.25, 0.3) is 28.0 Å². The summed E-state index contributed by atoms with van der Waals surface area (Å²) in [5.74, 6) is 0.550. The van der Waals surface area contributed by atoms with Gasteiger partial charge in [0.05, 0.1) is 0 Å². The van der Waals surface area contributed by atoms with E-state index in [1.807, 2.05) is 0 Å². The van der Waals surface area contributed by atoms with E-state index in [0.29, 0.717) is 5.92 Å². The van der Waals surface area contributed by atoms with Crippen molar-refractivity contribution >= 4 is 16.8 Å². The van der Waals surface area contributed by atoms with Gasteiger partial charge in [-0.2, -0.15) is 0 Å². The maximum Gasteiger partial charge on any atom is -0.00575 e. The van der Waals surface area contributed by atoms with Crippen molar-refractivity contribution in [1.82, 2.24) is 0 Å². The molecule has 0 fully saturated rings. The zero-order valence-corrected chi connectivity index (χ0v) is 16.2. The van der Waals surface area contributed by atoms with E-state index in [2.05, 4.69) is 81.4 Å². The topological polar surface area (TPSA) is 0 Å². The van der Waals surface area contributed by atoms with E-state index in [4.69, 9.17) is 0 Å². The highest BCUT2D eigenvalue weighted by atomic mass is 14.2. The first-order valence-electron chi connectivity index (χ1n) is 10.0. The summed E-state index contributed by atoms with van der Waals surface area (Å²) in [5, 5.41) is 2.68. The van der Waals surface area contributed by atoms with Crippen LogP contribution in [0.15, 0.2) is 60.2 Å². The molecule has 0 heteroatoms. The number of hydrogen-bond acceptors (Lipinski definition) is 0. The molecule has 0 saturated heterocycles. The number of benzene rings is 3. The Morgan fingerprint density at radius 2 is 1.73 bits per heavy atom. The van der Waals surface area contributed by atoms with Gasteiger partial charge in [0.25, 0.3) is 0 Å². The predicted octanol–water partition coefficient (Wildman–Crippen LogP) is 7.76. The standard InChI is InChI=1S/C26H28/c1-4-5-9-19-14-22-16-21(18(2)3)17-26(25(22)15-19)24-13-8-11-20-10-6-7-12-23(20)24/h6-8,10-13,15-18H,4-5,9,14H2,1-3H3. The van der Waals surface area contributed by atoms with Gasteiger partial charge in [0.15, 0.2) is 0 Å². The molecular weight excluding hydrogens is 312 g/mol. The fourth-order valence-corrected chi connectivity index (χ4v) is 4.14. The van der Waals surface area contributed by atoms with Crippen molar-refractivity contribution in [2.24, 2.45) is 0 Å². The zero-order valence-electron chi connectivity index (χ0n) is 16.2. The van der Waals surface area contributed by atoms with Crippen molar-refractivity contribution in [3.05, 3.63) is 76.9 Å². The van der Waals surface area contributed by atoms with Crippen molar-refractivity contribution in [2.45, 2.75) is 52.4 Å². The van der Waals surface area contributed by atoms with Gasteiger partial charge in [-0.15, -0.1) is 0 Å². The molecule has 1 aliphatic carbocycles. The van der Waals surface area contributed by atoms with Crippen molar-refractivity contribution < 1.29 is 0 Å². The Bertz CT molecular complexity index is 967. The second kappa shape index (κ2) is 7.11. The van der Waals surface area contributed by atoms with Gasteiger partial charge < -0.3 is 0 Å². The molecule has 132 valence electrons. The van der Waals surface area contributed by atoms with E-state index in [-0.39, 0.29) is 0 Å². The van der Waals surface area contributed by atoms with Crippen molar-refractivity contribution in [1.29, 1.82) is 0 Å². The van der Waals surface area contributed by atoms with Crippen LogP contribution >= 0.6 is 0 Å². The lowest BCUT2D eigenvalue weighted by atomic mass is 9.89. The van der Waals surface area contributed by atoms with Gasteiger partial charge in [0, 0.05) is 0 Å². The molecule has 4 rings (SSSR count). The quantitative estimate of drug-likeness (QED) is 0.445. The second-order valence-corrected chi connectivity index (χ2v) is 7.91. The van der Waals surface area contributed by atoms with Gasteiger partial charge in [0.1, 0.15) is 0 Å². The molecule has 0 aliphatic heterocycles.